The highest BCUT2D eigenvalue weighted by molar-refractivity contribution is 5.94. The summed E-state index contributed by atoms with van der Waals surface area (Å²) in [4.78, 5) is 24.8. The predicted octanol–water partition coefficient (Wildman–Crippen LogP) is 0.154. The third-order valence-electron chi connectivity index (χ3n) is 3.50. The standard InChI is InChI=1S/C13H26N4O2/c1-3-17(10-11-5-4-7-15-9-11)8-6-12(18)16-13(19)14-2/h11,15H,3-10H2,1-2H3,(H2,14,16,18,19). The lowest BCUT2D eigenvalue weighted by Gasteiger charge is -2.29. The van der Waals surface area contributed by atoms with Crippen LogP contribution in [0.25, 0.3) is 0 Å². The summed E-state index contributed by atoms with van der Waals surface area (Å²) in [6, 6.07) is -0.440. The van der Waals surface area contributed by atoms with Crippen molar-refractivity contribution >= 4 is 11.9 Å². The van der Waals surface area contributed by atoms with Gasteiger partial charge in [-0.15, -0.1) is 0 Å². The number of carbonyl (C=O) groups excluding carboxylic acids is 2. The number of nitrogens with zero attached hydrogens (tertiary/aromatic N) is 1. The molecular formula is C13H26N4O2. The van der Waals surface area contributed by atoms with E-state index in [-0.39, 0.29) is 5.91 Å². The molecule has 1 heterocycles. The Labute approximate surface area is 115 Å². The zero-order valence-electron chi connectivity index (χ0n) is 12.0. The van der Waals surface area contributed by atoms with Gasteiger partial charge in [0.1, 0.15) is 0 Å². The normalized spacial score (nSPS) is 19.2. The summed E-state index contributed by atoms with van der Waals surface area (Å²) in [6.45, 7) is 6.96. The fourth-order valence-corrected chi connectivity index (χ4v) is 2.33. The van der Waals surface area contributed by atoms with E-state index in [1.54, 1.807) is 0 Å². The molecule has 0 saturated carbocycles. The van der Waals surface area contributed by atoms with Gasteiger partial charge < -0.3 is 15.5 Å². The van der Waals surface area contributed by atoms with E-state index in [9.17, 15) is 9.59 Å². The van der Waals surface area contributed by atoms with E-state index < -0.39 is 6.03 Å². The summed E-state index contributed by atoms with van der Waals surface area (Å²) in [7, 11) is 1.50. The second-order valence-electron chi connectivity index (χ2n) is 4.98. The third kappa shape index (κ3) is 6.54. The van der Waals surface area contributed by atoms with Crippen LogP contribution in [0.15, 0.2) is 0 Å². The number of rotatable bonds is 6. The van der Waals surface area contributed by atoms with Crippen molar-refractivity contribution < 1.29 is 9.59 Å². The molecule has 1 fully saturated rings. The molecule has 19 heavy (non-hydrogen) atoms. The Balaban J connectivity index is 2.23. The monoisotopic (exact) mass is 270 g/mol. The molecule has 0 spiro atoms. The van der Waals surface area contributed by atoms with E-state index in [2.05, 4.69) is 27.8 Å². The van der Waals surface area contributed by atoms with Crippen LogP contribution in [0.2, 0.25) is 0 Å². The Morgan fingerprint density at radius 3 is 2.79 bits per heavy atom. The first kappa shape index (κ1) is 15.9. The number of urea groups is 1. The minimum absolute atomic E-state index is 0.223. The molecule has 0 aliphatic carbocycles. The SMILES string of the molecule is CCN(CCC(=O)NC(=O)NC)CC1CCCNC1. The molecule has 110 valence electrons. The van der Waals surface area contributed by atoms with Crippen LogP contribution in [0, 0.1) is 5.92 Å². The van der Waals surface area contributed by atoms with Crippen LogP contribution in [-0.2, 0) is 4.79 Å². The van der Waals surface area contributed by atoms with Gasteiger partial charge >= 0.3 is 6.03 Å². The number of imide groups is 1. The second kappa shape index (κ2) is 8.87. The molecule has 6 nitrogen and oxygen atoms in total. The maximum absolute atomic E-state index is 11.5. The van der Waals surface area contributed by atoms with Gasteiger partial charge in [-0.25, -0.2) is 4.79 Å². The predicted molar refractivity (Wildman–Crippen MR) is 74.9 cm³/mol. The van der Waals surface area contributed by atoms with Gasteiger partial charge in [0.2, 0.25) is 5.91 Å². The van der Waals surface area contributed by atoms with Crippen LogP contribution in [0.4, 0.5) is 4.79 Å². The molecule has 0 radical (unpaired) electrons. The Morgan fingerprint density at radius 2 is 2.21 bits per heavy atom. The van der Waals surface area contributed by atoms with Gasteiger partial charge in [-0.05, 0) is 38.4 Å². The lowest BCUT2D eigenvalue weighted by Crippen LogP contribution is -2.41. The van der Waals surface area contributed by atoms with Crippen molar-refractivity contribution in [3.05, 3.63) is 0 Å². The first-order valence-corrected chi connectivity index (χ1v) is 7.10. The second-order valence-corrected chi connectivity index (χ2v) is 4.98. The Kier molecular flexibility index (Phi) is 7.43. The number of nitrogens with one attached hydrogen (secondary N) is 3. The van der Waals surface area contributed by atoms with Crippen LogP contribution < -0.4 is 16.0 Å². The van der Waals surface area contributed by atoms with Gasteiger partial charge in [0, 0.05) is 26.6 Å². The third-order valence-corrected chi connectivity index (χ3v) is 3.50. The number of amides is 3. The molecule has 1 aliphatic rings. The average molecular weight is 270 g/mol. The quantitative estimate of drug-likeness (QED) is 0.642. The zero-order valence-corrected chi connectivity index (χ0v) is 12.0. The molecule has 1 rings (SSSR count). The van der Waals surface area contributed by atoms with Crippen molar-refractivity contribution in [2.24, 2.45) is 5.92 Å². The Hall–Kier alpha value is -1.14. The van der Waals surface area contributed by atoms with Crippen LogP contribution in [0.1, 0.15) is 26.2 Å². The Bertz CT molecular complexity index is 290. The molecule has 1 unspecified atom stereocenters. The van der Waals surface area contributed by atoms with Crippen molar-refractivity contribution in [1.29, 1.82) is 0 Å². The van der Waals surface area contributed by atoms with Crippen molar-refractivity contribution in [3.63, 3.8) is 0 Å². The molecule has 0 aromatic carbocycles. The molecule has 3 amide bonds. The summed E-state index contributed by atoms with van der Waals surface area (Å²) >= 11 is 0. The van der Waals surface area contributed by atoms with E-state index in [0.29, 0.717) is 18.9 Å². The lowest BCUT2D eigenvalue weighted by molar-refractivity contribution is -0.120. The Morgan fingerprint density at radius 1 is 1.42 bits per heavy atom. The first-order chi connectivity index (χ1) is 9.15. The van der Waals surface area contributed by atoms with Crippen molar-refractivity contribution in [2.75, 3.05) is 39.8 Å². The first-order valence-electron chi connectivity index (χ1n) is 7.10. The van der Waals surface area contributed by atoms with E-state index in [4.69, 9.17) is 0 Å². The number of hydrogen-bond acceptors (Lipinski definition) is 4. The minimum atomic E-state index is -0.440. The highest BCUT2D eigenvalue weighted by atomic mass is 16.2. The fraction of sp³-hybridized carbons (Fsp3) is 0.846. The van der Waals surface area contributed by atoms with Gasteiger partial charge in [0.25, 0.3) is 0 Å². The molecule has 0 aromatic heterocycles. The maximum atomic E-state index is 11.5. The van der Waals surface area contributed by atoms with Crippen molar-refractivity contribution in [1.82, 2.24) is 20.9 Å². The van der Waals surface area contributed by atoms with Gasteiger partial charge in [-0.3, -0.25) is 10.1 Å². The fourth-order valence-electron chi connectivity index (χ4n) is 2.33. The molecule has 1 atom stereocenters. The molecule has 3 N–H and O–H groups in total. The molecule has 1 saturated heterocycles. The largest absolute Gasteiger partial charge is 0.341 e. The van der Waals surface area contributed by atoms with Gasteiger partial charge in [0.15, 0.2) is 0 Å². The summed E-state index contributed by atoms with van der Waals surface area (Å²) < 4.78 is 0. The van der Waals surface area contributed by atoms with E-state index in [0.717, 1.165) is 26.2 Å². The summed E-state index contributed by atoms with van der Waals surface area (Å²) in [5.74, 6) is 0.454. The zero-order chi connectivity index (χ0) is 14.1. The van der Waals surface area contributed by atoms with E-state index in [1.807, 2.05) is 0 Å². The lowest BCUT2D eigenvalue weighted by atomic mass is 9.99. The van der Waals surface area contributed by atoms with Crippen LogP contribution in [0.3, 0.4) is 0 Å². The van der Waals surface area contributed by atoms with E-state index in [1.165, 1.54) is 19.9 Å². The average Bonchev–Trinajstić information content (AvgIpc) is 2.44. The van der Waals surface area contributed by atoms with Crippen molar-refractivity contribution in [3.8, 4) is 0 Å². The molecular weight excluding hydrogens is 244 g/mol. The number of piperidine rings is 1. The highest BCUT2D eigenvalue weighted by Crippen LogP contribution is 2.11. The number of hydrogen-bond donors (Lipinski definition) is 3. The summed E-state index contributed by atoms with van der Waals surface area (Å²) in [5.41, 5.74) is 0. The minimum Gasteiger partial charge on any atom is -0.341 e. The summed E-state index contributed by atoms with van der Waals surface area (Å²) in [5, 5.41) is 8.06. The molecule has 1 aliphatic heterocycles. The van der Waals surface area contributed by atoms with Crippen LogP contribution in [0.5, 0.6) is 0 Å². The van der Waals surface area contributed by atoms with Crippen LogP contribution >= 0.6 is 0 Å². The van der Waals surface area contributed by atoms with Gasteiger partial charge in [-0.2, -0.15) is 0 Å². The topological polar surface area (TPSA) is 73.5 Å². The van der Waals surface area contributed by atoms with E-state index >= 15 is 0 Å². The highest BCUT2D eigenvalue weighted by Gasteiger charge is 2.17. The van der Waals surface area contributed by atoms with Gasteiger partial charge in [0.05, 0.1) is 0 Å². The molecule has 0 bridgehead atoms. The molecule has 0 aromatic rings. The van der Waals surface area contributed by atoms with Crippen molar-refractivity contribution in [2.45, 2.75) is 26.2 Å². The van der Waals surface area contributed by atoms with Gasteiger partial charge in [-0.1, -0.05) is 6.92 Å². The summed E-state index contributed by atoms with van der Waals surface area (Å²) in [6.07, 6.45) is 2.86. The maximum Gasteiger partial charge on any atom is 0.321 e. The van der Waals surface area contributed by atoms with Crippen LogP contribution in [-0.4, -0.2) is 56.6 Å². The smallest absolute Gasteiger partial charge is 0.321 e. The molecule has 6 heteroatoms. The number of carbonyl (C=O) groups is 2.